The van der Waals surface area contributed by atoms with Gasteiger partial charge in [0.15, 0.2) is 5.03 Å². The van der Waals surface area contributed by atoms with E-state index in [9.17, 15) is 8.42 Å². The quantitative estimate of drug-likeness (QED) is 0.709. The summed E-state index contributed by atoms with van der Waals surface area (Å²) in [5.41, 5.74) is 0. The first-order chi connectivity index (χ1) is 5.67. The summed E-state index contributed by atoms with van der Waals surface area (Å²) in [6.07, 6.45) is 3.97. The number of hydrogen-bond acceptors (Lipinski definition) is 4. The third-order valence-electron chi connectivity index (χ3n) is 1.15. The number of rotatable bonds is 3. The fourth-order valence-corrected chi connectivity index (χ4v) is 1.62. The topological polar surface area (TPSA) is 72.0 Å². The van der Waals surface area contributed by atoms with Crippen LogP contribution in [0.4, 0.5) is 0 Å². The maximum Gasteiger partial charge on any atom is 0.259 e. The molecular weight excluding hydrogens is 178 g/mol. The van der Waals surface area contributed by atoms with Gasteiger partial charge < -0.3 is 0 Å². The predicted octanol–water partition coefficient (Wildman–Crippen LogP) is -0.225. The Bertz CT molecular complexity index is 335. The SMILES string of the molecule is CCNS(=O)(=O)c1cnccn1. The number of aromatic nitrogens is 2. The minimum Gasteiger partial charge on any atom is -0.260 e. The average molecular weight is 187 g/mol. The molecule has 66 valence electrons. The van der Waals surface area contributed by atoms with Crippen molar-refractivity contribution in [2.45, 2.75) is 11.9 Å². The molecule has 12 heavy (non-hydrogen) atoms. The molecule has 0 atom stereocenters. The van der Waals surface area contributed by atoms with Gasteiger partial charge in [0, 0.05) is 18.9 Å². The summed E-state index contributed by atoms with van der Waals surface area (Å²) in [6, 6.07) is 0. The van der Waals surface area contributed by atoms with Crippen molar-refractivity contribution in [3.05, 3.63) is 18.6 Å². The van der Waals surface area contributed by atoms with E-state index in [0.29, 0.717) is 6.54 Å². The zero-order valence-corrected chi connectivity index (χ0v) is 7.37. The van der Waals surface area contributed by atoms with E-state index in [4.69, 9.17) is 0 Å². The van der Waals surface area contributed by atoms with Crippen LogP contribution in [0.1, 0.15) is 6.92 Å². The first-order valence-electron chi connectivity index (χ1n) is 3.42. The fraction of sp³-hybridized carbons (Fsp3) is 0.333. The number of sulfonamides is 1. The Kier molecular flexibility index (Phi) is 2.72. The Hall–Kier alpha value is -1.01. The minimum atomic E-state index is -3.43. The van der Waals surface area contributed by atoms with E-state index in [2.05, 4.69) is 14.7 Å². The Balaban J connectivity index is 2.99. The van der Waals surface area contributed by atoms with Crippen molar-refractivity contribution in [3.63, 3.8) is 0 Å². The highest BCUT2D eigenvalue weighted by molar-refractivity contribution is 7.89. The Morgan fingerprint density at radius 2 is 2.25 bits per heavy atom. The molecule has 1 heterocycles. The lowest BCUT2D eigenvalue weighted by atomic mass is 10.8. The molecule has 0 bridgehead atoms. The summed E-state index contributed by atoms with van der Waals surface area (Å²) >= 11 is 0. The third-order valence-corrected chi connectivity index (χ3v) is 2.58. The summed E-state index contributed by atoms with van der Waals surface area (Å²) in [6.45, 7) is 2.05. The lowest BCUT2D eigenvalue weighted by Gasteiger charge is -2.00. The number of nitrogens with zero attached hydrogens (tertiary/aromatic N) is 2. The van der Waals surface area contributed by atoms with Gasteiger partial charge in [-0.15, -0.1) is 0 Å². The van der Waals surface area contributed by atoms with Crippen LogP contribution in [0.2, 0.25) is 0 Å². The molecular formula is C6H9N3O2S. The molecule has 0 aliphatic heterocycles. The summed E-state index contributed by atoms with van der Waals surface area (Å²) in [5.74, 6) is 0. The molecule has 0 amide bonds. The molecule has 1 N–H and O–H groups in total. The second kappa shape index (κ2) is 3.59. The van der Waals surface area contributed by atoms with Gasteiger partial charge in [0.05, 0.1) is 6.20 Å². The van der Waals surface area contributed by atoms with Crippen LogP contribution >= 0.6 is 0 Å². The molecule has 0 aromatic carbocycles. The van der Waals surface area contributed by atoms with Crippen molar-refractivity contribution in [2.75, 3.05) is 6.54 Å². The molecule has 1 rings (SSSR count). The second-order valence-electron chi connectivity index (χ2n) is 2.04. The monoisotopic (exact) mass is 187 g/mol. The van der Waals surface area contributed by atoms with Crippen LogP contribution in [-0.2, 0) is 10.0 Å². The molecule has 0 fully saturated rings. The standard InChI is InChI=1S/C6H9N3O2S/c1-2-9-12(10,11)6-5-7-3-4-8-6/h3-5,9H,2H2,1H3. The van der Waals surface area contributed by atoms with Gasteiger partial charge in [0.2, 0.25) is 0 Å². The maximum atomic E-state index is 11.2. The van der Waals surface area contributed by atoms with Crippen LogP contribution in [-0.4, -0.2) is 24.9 Å². The number of hydrogen-bond donors (Lipinski definition) is 1. The Morgan fingerprint density at radius 1 is 1.50 bits per heavy atom. The second-order valence-corrected chi connectivity index (χ2v) is 3.76. The molecule has 0 saturated heterocycles. The average Bonchev–Trinajstić information content (AvgIpc) is 2.06. The van der Waals surface area contributed by atoms with Crippen LogP contribution in [0.3, 0.4) is 0 Å². The van der Waals surface area contributed by atoms with Crippen LogP contribution < -0.4 is 4.72 Å². The van der Waals surface area contributed by atoms with Gasteiger partial charge in [0.1, 0.15) is 0 Å². The molecule has 0 spiro atoms. The first kappa shape index (κ1) is 9.08. The largest absolute Gasteiger partial charge is 0.260 e. The smallest absolute Gasteiger partial charge is 0.259 e. The van der Waals surface area contributed by atoms with E-state index in [1.807, 2.05) is 0 Å². The molecule has 0 aliphatic rings. The lowest BCUT2D eigenvalue weighted by Crippen LogP contribution is -2.24. The zero-order chi connectivity index (χ0) is 9.03. The van der Waals surface area contributed by atoms with E-state index in [1.54, 1.807) is 6.92 Å². The third kappa shape index (κ3) is 1.99. The van der Waals surface area contributed by atoms with E-state index in [-0.39, 0.29) is 5.03 Å². The van der Waals surface area contributed by atoms with Crippen molar-refractivity contribution >= 4 is 10.0 Å². The van der Waals surface area contributed by atoms with Gasteiger partial charge in [-0.05, 0) is 0 Å². The van der Waals surface area contributed by atoms with Crippen LogP contribution in [0.5, 0.6) is 0 Å². The molecule has 0 saturated carbocycles. The minimum absolute atomic E-state index is 0.0492. The van der Waals surface area contributed by atoms with E-state index >= 15 is 0 Å². The van der Waals surface area contributed by atoms with Gasteiger partial charge in [-0.25, -0.2) is 18.1 Å². The van der Waals surface area contributed by atoms with E-state index in [1.165, 1.54) is 18.6 Å². The molecule has 0 aliphatic carbocycles. The van der Waals surface area contributed by atoms with Gasteiger partial charge in [0.25, 0.3) is 10.0 Å². The Labute approximate surface area is 70.9 Å². The molecule has 1 aromatic heterocycles. The summed E-state index contributed by atoms with van der Waals surface area (Å²) < 4.78 is 24.7. The highest BCUT2D eigenvalue weighted by Gasteiger charge is 2.12. The zero-order valence-electron chi connectivity index (χ0n) is 6.56. The van der Waals surface area contributed by atoms with Gasteiger partial charge in [-0.2, -0.15) is 0 Å². The highest BCUT2D eigenvalue weighted by Crippen LogP contribution is 1.99. The summed E-state index contributed by atoms with van der Waals surface area (Å²) in [7, 11) is -3.43. The lowest BCUT2D eigenvalue weighted by molar-refractivity contribution is 0.579. The van der Waals surface area contributed by atoms with Crippen LogP contribution in [0.15, 0.2) is 23.6 Å². The van der Waals surface area contributed by atoms with E-state index < -0.39 is 10.0 Å². The normalized spacial score (nSPS) is 11.4. The summed E-state index contributed by atoms with van der Waals surface area (Å²) in [4.78, 5) is 7.31. The molecule has 0 unspecified atom stereocenters. The van der Waals surface area contributed by atoms with Gasteiger partial charge in [-0.1, -0.05) is 6.92 Å². The predicted molar refractivity (Wildman–Crippen MR) is 42.9 cm³/mol. The van der Waals surface area contributed by atoms with Crippen molar-refractivity contribution in [1.82, 2.24) is 14.7 Å². The van der Waals surface area contributed by atoms with Gasteiger partial charge in [-0.3, -0.25) is 4.98 Å². The van der Waals surface area contributed by atoms with Crippen molar-refractivity contribution in [3.8, 4) is 0 Å². The maximum absolute atomic E-state index is 11.2. The van der Waals surface area contributed by atoms with Crippen molar-refractivity contribution in [2.24, 2.45) is 0 Å². The van der Waals surface area contributed by atoms with Crippen LogP contribution in [0, 0.1) is 0 Å². The van der Waals surface area contributed by atoms with Crippen molar-refractivity contribution in [1.29, 1.82) is 0 Å². The van der Waals surface area contributed by atoms with Crippen molar-refractivity contribution < 1.29 is 8.42 Å². The molecule has 6 heteroatoms. The summed E-state index contributed by atoms with van der Waals surface area (Å²) in [5, 5.41) is -0.0492. The Morgan fingerprint density at radius 3 is 2.75 bits per heavy atom. The number of nitrogens with one attached hydrogen (secondary N) is 1. The van der Waals surface area contributed by atoms with Gasteiger partial charge >= 0.3 is 0 Å². The van der Waals surface area contributed by atoms with Crippen LogP contribution in [0.25, 0.3) is 0 Å². The fourth-order valence-electron chi connectivity index (χ4n) is 0.688. The molecule has 1 aromatic rings. The van der Waals surface area contributed by atoms with E-state index in [0.717, 1.165) is 0 Å². The molecule has 0 radical (unpaired) electrons. The highest BCUT2D eigenvalue weighted by atomic mass is 32.2. The molecule has 5 nitrogen and oxygen atoms in total. The first-order valence-corrected chi connectivity index (χ1v) is 4.91.